The Morgan fingerprint density at radius 3 is 2.38 bits per heavy atom. The first kappa shape index (κ1) is 13.7. The van der Waals surface area contributed by atoms with Crippen LogP contribution in [0.2, 0.25) is 0 Å². The molecule has 2 aromatic rings. The maximum absolute atomic E-state index is 13.2. The summed E-state index contributed by atoms with van der Waals surface area (Å²) in [5.74, 6) is -0.539. The molecule has 3 rings (SSSR count). The average Bonchev–Trinajstić information content (AvgIpc) is 3.00. The SMILES string of the molecule is O=C(c1ccc(CN2CC=CC2)cc1)c1cccc(F)c1. The van der Waals surface area contributed by atoms with Gasteiger partial charge in [0, 0.05) is 30.8 Å². The third-order valence-electron chi connectivity index (χ3n) is 3.60. The highest BCUT2D eigenvalue weighted by molar-refractivity contribution is 6.08. The first-order valence-corrected chi connectivity index (χ1v) is 6.99. The number of hydrogen-bond acceptors (Lipinski definition) is 2. The van der Waals surface area contributed by atoms with Crippen LogP contribution < -0.4 is 0 Å². The van der Waals surface area contributed by atoms with Gasteiger partial charge in [-0.3, -0.25) is 9.69 Å². The lowest BCUT2D eigenvalue weighted by atomic mass is 10.0. The van der Waals surface area contributed by atoms with Crippen LogP contribution in [0.1, 0.15) is 21.5 Å². The van der Waals surface area contributed by atoms with Gasteiger partial charge in [0.1, 0.15) is 5.82 Å². The Hall–Kier alpha value is -2.26. The molecule has 0 saturated heterocycles. The fourth-order valence-corrected chi connectivity index (χ4v) is 2.47. The number of rotatable bonds is 4. The van der Waals surface area contributed by atoms with E-state index in [-0.39, 0.29) is 11.6 Å². The van der Waals surface area contributed by atoms with Crippen LogP contribution >= 0.6 is 0 Å². The van der Waals surface area contributed by atoms with E-state index in [1.54, 1.807) is 12.1 Å². The number of nitrogens with zero attached hydrogens (tertiary/aromatic N) is 1. The molecule has 2 nitrogen and oxygen atoms in total. The third kappa shape index (κ3) is 3.26. The fourth-order valence-electron chi connectivity index (χ4n) is 2.47. The Labute approximate surface area is 123 Å². The predicted molar refractivity (Wildman–Crippen MR) is 80.7 cm³/mol. The van der Waals surface area contributed by atoms with Gasteiger partial charge in [0.05, 0.1) is 0 Å². The van der Waals surface area contributed by atoms with Gasteiger partial charge >= 0.3 is 0 Å². The number of carbonyl (C=O) groups is 1. The lowest BCUT2D eigenvalue weighted by Crippen LogP contribution is -2.19. The molecular weight excluding hydrogens is 265 g/mol. The summed E-state index contributed by atoms with van der Waals surface area (Å²) in [6.45, 7) is 2.83. The van der Waals surface area contributed by atoms with Crippen LogP contribution in [0.25, 0.3) is 0 Å². The van der Waals surface area contributed by atoms with Crippen LogP contribution in [0.15, 0.2) is 60.7 Å². The van der Waals surface area contributed by atoms with E-state index in [1.165, 1.54) is 17.7 Å². The summed E-state index contributed by atoms with van der Waals surface area (Å²) in [5, 5.41) is 0. The Bertz CT molecular complexity index is 668. The van der Waals surface area contributed by atoms with Gasteiger partial charge in [-0.25, -0.2) is 4.39 Å². The zero-order valence-electron chi connectivity index (χ0n) is 11.6. The van der Waals surface area contributed by atoms with Crippen LogP contribution in [0, 0.1) is 5.82 Å². The third-order valence-corrected chi connectivity index (χ3v) is 3.60. The van der Waals surface area contributed by atoms with E-state index in [9.17, 15) is 9.18 Å². The second-order valence-electron chi connectivity index (χ2n) is 5.20. The summed E-state index contributed by atoms with van der Waals surface area (Å²) in [5.41, 5.74) is 2.14. The number of ketones is 1. The van der Waals surface area contributed by atoms with E-state index in [0.717, 1.165) is 19.6 Å². The van der Waals surface area contributed by atoms with Crippen molar-refractivity contribution < 1.29 is 9.18 Å². The van der Waals surface area contributed by atoms with Gasteiger partial charge in [0.25, 0.3) is 0 Å². The van der Waals surface area contributed by atoms with Gasteiger partial charge in [-0.15, -0.1) is 0 Å². The predicted octanol–water partition coefficient (Wildman–Crippen LogP) is 3.43. The minimum Gasteiger partial charge on any atom is -0.292 e. The van der Waals surface area contributed by atoms with Crippen molar-refractivity contribution in [1.82, 2.24) is 4.90 Å². The molecule has 0 amide bonds. The van der Waals surface area contributed by atoms with Gasteiger partial charge in [-0.1, -0.05) is 48.6 Å². The molecule has 0 atom stereocenters. The second kappa shape index (κ2) is 6.02. The fraction of sp³-hybridized carbons (Fsp3) is 0.167. The molecule has 2 aromatic carbocycles. The molecule has 0 unspecified atom stereocenters. The summed E-state index contributed by atoms with van der Waals surface area (Å²) >= 11 is 0. The molecule has 0 spiro atoms. The highest BCUT2D eigenvalue weighted by Crippen LogP contribution is 2.14. The molecule has 1 heterocycles. The molecule has 21 heavy (non-hydrogen) atoms. The maximum atomic E-state index is 13.2. The zero-order chi connectivity index (χ0) is 14.7. The van der Waals surface area contributed by atoms with Crippen molar-refractivity contribution in [3.63, 3.8) is 0 Å². The van der Waals surface area contributed by atoms with Crippen LogP contribution in [0.4, 0.5) is 4.39 Å². The van der Waals surface area contributed by atoms with E-state index in [4.69, 9.17) is 0 Å². The van der Waals surface area contributed by atoms with Crippen molar-refractivity contribution in [3.8, 4) is 0 Å². The quantitative estimate of drug-likeness (QED) is 0.632. The Morgan fingerprint density at radius 2 is 1.71 bits per heavy atom. The molecule has 106 valence electrons. The zero-order valence-corrected chi connectivity index (χ0v) is 11.6. The van der Waals surface area contributed by atoms with Gasteiger partial charge in [0.15, 0.2) is 5.78 Å². The van der Waals surface area contributed by atoms with Crippen molar-refractivity contribution in [2.45, 2.75) is 6.54 Å². The summed E-state index contributed by atoms with van der Waals surface area (Å²) < 4.78 is 13.2. The van der Waals surface area contributed by atoms with Crippen LogP contribution in [0.5, 0.6) is 0 Å². The molecule has 0 fully saturated rings. The molecule has 0 saturated carbocycles. The molecule has 0 bridgehead atoms. The van der Waals surface area contributed by atoms with Crippen molar-refractivity contribution in [3.05, 3.63) is 83.2 Å². The van der Waals surface area contributed by atoms with Crippen molar-refractivity contribution in [2.24, 2.45) is 0 Å². The Kier molecular flexibility index (Phi) is 3.93. The number of carbonyl (C=O) groups excluding carboxylic acids is 1. The number of halogens is 1. The second-order valence-corrected chi connectivity index (χ2v) is 5.20. The summed E-state index contributed by atoms with van der Waals surface area (Å²) in [4.78, 5) is 14.6. The summed E-state index contributed by atoms with van der Waals surface area (Å²) in [7, 11) is 0. The molecule has 1 aliphatic rings. The molecule has 3 heteroatoms. The van der Waals surface area contributed by atoms with E-state index >= 15 is 0 Å². The Morgan fingerprint density at radius 1 is 1.00 bits per heavy atom. The lowest BCUT2D eigenvalue weighted by Gasteiger charge is -2.14. The van der Waals surface area contributed by atoms with E-state index in [0.29, 0.717) is 11.1 Å². The molecule has 0 aliphatic carbocycles. The van der Waals surface area contributed by atoms with Gasteiger partial charge in [0.2, 0.25) is 0 Å². The Balaban J connectivity index is 1.72. The smallest absolute Gasteiger partial charge is 0.193 e. The van der Waals surface area contributed by atoms with Crippen LogP contribution in [-0.2, 0) is 6.54 Å². The standard InChI is InChI=1S/C18H16FNO/c19-17-5-3-4-16(12-17)18(21)15-8-6-14(7-9-15)13-20-10-1-2-11-20/h1-9,12H,10-11,13H2. The molecule has 0 aromatic heterocycles. The van der Waals surface area contributed by atoms with Gasteiger partial charge in [-0.05, 0) is 17.7 Å². The summed E-state index contributed by atoms with van der Waals surface area (Å²) in [6, 6.07) is 13.3. The largest absolute Gasteiger partial charge is 0.292 e. The number of benzene rings is 2. The molecular formula is C18H16FNO. The topological polar surface area (TPSA) is 20.3 Å². The lowest BCUT2D eigenvalue weighted by molar-refractivity contribution is 0.103. The van der Waals surface area contributed by atoms with E-state index in [1.807, 2.05) is 24.3 Å². The number of hydrogen-bond donors (Lipinski definition) is 0. The van der Waals surface area contributed by atoms with Crippen molar-refractivity contribution in [2.75, 3.05) is 13.1 Å². The van der Waals surface area contributed by atoms with Crippen LogP contribution in [0.3, 0.4) is 0 Å². The highest BCUT2D eigenvalue weighted by Gasteiger charge is 2.11. The van der Waals surface area contributed by atoms with Crippen molar-refractivity contribution in [1.29, 1.82) is 0 Å². The van der Waals surface area contributed by atoms with Gasteiger partial charge in [-0.2, -0.15) is 0 Å². The minimum atomic E-state index is -0.390. The molecule has 1 aliphatic heterocycles. The normalized spacial score (nSPS) is 14.5. The highest BCUT2D eigenvalue weighted by atomic mass is 19.1. The van der Waals surface area contributed by atoms with Crippen molar-refractivity contribution >= 4 is 5.78 Å². The first-order chi connectivity index (χ1) is 10.2. The van der Waals surface area contributed by atoms with Gasteiger partial charge < -0.3 is 0 Å². The van der Waals surface area contributed by atoms with E-state index in [2.05, 4.69) is 17.1 Å². The maximum Gasteiger partial charge on any atom is 0.193 e. The molecule has 0 N–H and O–H groups in total. The summed E-state index contributed by atoms with van der Waals surface area (Å²) in [6.07, 6.45) is 4.31. The average molecular weight is 281 g/mol. The van der Waals surface area contributed by atoms with Crippen LogP contribution in [-0.4, -0.2) is 23.8 Å². The van der Waals surface area contributed by atoms with E-state index < -0.39 is 0 Å². The minimum absolute atomic E-state index is 0.149. The monoisotopic (exact) mass is 281 g/mol. The first-order valence-electron chi connectivity index (χ1n) is 6.99. The molecule has 0 radical (unpaired) electrons.